The lowest BCUT2D eigenvalue weighted by Gasteiger charge is -2.03. The number of nitrogens with one attached hydrogen (secondary N) is 1. The molecule has 7 heteroatoms. The Morgan fingerprint density at radius 3 is 3.13 bits per heavy atom. The Morgan fingerprint density at radius 1 is 1.73 bits per heavy atom. The van der Waals surface area contributed by atoms with Crippen molar-refractivity contribution in [3.05, 3.63) is 12.2 Å². The van der Waals surface area contributed by atoms with Crippen molar-refractivity contribution in [1.29, 1.82) is 0 Å². The molecule has 1 aromatic rings. The number of aryl methyl sites for hydroxylation is 1. The van der Waals surface area contributed by atoms with Crippen molar-refractivity contribution in [2.24, 2.45) is 7.05 Å². The van der Waals surface area contributed by atoms with Crippen LogP contribution in [-0.4, -0.2) is 45.7 Å². The highest BCUT2D eigenvalue weighted by Gasteiger charge is 2.02. The Morgan fingerprint density at radius 2 is 2.53 bits per heavy atom. The summed E-state index contributed by atoms with van der Waals surface area (Å²) in [5.41, 5.74) is 0. The smallest absolute Gasteiger partial charge is 0.407 e. The van der Waals surface area contributed by atoms with Crippen LogP contribution in [0.25, 0.3) is 0 Å². The van der Waals surface area contributed by atoms with Crippen LogP contribution < -0.4 is 5.32 Å². The topological polar surface area (TPSA) is 89.3 Å². The highest BCUT2D eigenvalue weighted by Crippen LogP contribution is 1.88. The molecule has 84 valence electrons. The number of amides is 1. The van der Waals surface area contributed by atoms with Crippen molar-refractivity contribution in [2.45, 2.75) is 6.42 Å². The van der Waals surface area contributed by atoms with E-state index in [9.17, 15) is 4.79 Å². The van der Waals surface area contributed by atoms with Crippen LogP contribution in [0.2, 0.25) is 0 Å². The minimum Gasteiger partial charge on any atom is -0.447 e. The minimum atomic E-state index is -0.542. The third-order valence-electron chi connectivity index (χ3n) is 1.59. The lowest BCUT2D eigenvalue weighted by molar-refractivity contribution is 0.119. The van der Waals surface area contributed by atoms with Gasteiger partial charge in [-0.3, -0.25) is 4.68 Å². The minimum absolute atomic E-state index is 0.00761. The van der Waals surface area contributed by atoms with Crippen molar-refractivity contribution in [3.63, 3.8) is 0 Å². The summed E-state index contributed by atoms with van der Waals surface area (Å²) in [7, 11) is 1.78. The molecule has 0 unspecified atom stereocenters. The molecule has 0 spiro atoms. The van der Waals surface area contributed by atoms with E-state index in [1.807, 2.05) is 0 Å². The number of aromatic nitrogens is 3. The number of alkyl carbamates (subject to hydrolysis) is 1. The normalized spacial score (nSPS) is 10.0. The molecular formula is C8H14N4O3. The maximum Gasteiger partial charge on any atom is 0.407 e. The summed E-state index contributed by atoms with van der Waals surface area (Å²) in [5, 5.41) is 15.0. The first-order valence-electron chi connectivity index (χ1n) is 4.58. The van der Waals surface area contributed by atoms with Crippen molar-refractivity contribution in [1.82, 2.24) is 20.1 Å². The summed E-state index contributed by atoms with van der Waals surface area (Å²) in [5.74, 6) is 0.667. The van der Waals surface area contributed by atoms with Gasteiger partial charge in [-0.15, -0.1) is 0 Å². The number of hydrogen-bond acceptors (Lipinski definition) is 5. The van der Waals surface area contributed by atoms with Crippen LogP contribution in [0.15, 0.2) is 6.33 Å². The maximum absolute atomic E-state index is 10.9. The van der Waals surface area contributed by atoms with Crippen LogP contribution in [0.1, 0.15) is 5.82 Å². The number of aliphatic hydroxyl groups is 1. The van der Waals surface area contributed by atoms with E-state index < -0.39 is 6.09 Å². The van der Waals surface area contributed by atoms with E-state index >= 15 is 0 Å². The highest BCUT2D eigenvalue weighted by molar-refractivity contribution is 5.67. The van der Waals surface area contributed by atoms with Gasteiger partial charge in [0.25, 0.3) is 0 Å². The number of nitrogens with zero attached hydrogens (tertiary/aromatic N) is 3. The van der Waals surface area contributed by atoms with Crippen LogP contribution in [-0.2, 0) is 18.2 Å². The summed E-state index contributed by atoms with van der Waals surface area (Å²) < 4.78 is 6.18. The Kier molecular flexibility index (Phi) is 4.55. The van der Waals surface area contributed by atoms with Gasteiger partial charge in [-0.25, -0.2) is 9.78 Å². The van der Waals surface area contributed by atoms with Crippen molar-refractivity contribution in [2.75, 3.05) is 19.8 Å². The van der Waals surface area contributed by atoms with Gasteiger partial charge in [0.2, 0.25) is 0 Å². The van der Waals surface area contributed by atoms with Crippen molar-refractivity contribution >= 4 is 6.09 Å². The zero-order valence-corrected chi connectivity index (χ0v) is 8.51. The average Bonchev–Trinajstić information content (AvgIpc) is 2.61. The maximum atomic E-state index is 10.9. The van der Waals surface area contributed by atoms with E-state index in [0.29, 0.717) is 18.8 Å². The number of aliphatic hydroxyl groups excluding tert-OH is 1. The summed E-state index contributed by atoms with van der Waals surface area (Å²) >= 11 is 0. The quantitative estimate of drug-likeness (QED) is 0.661. The number of hydrogen-bond donors (Lipinski definition) is 2. The van der Waals surface area contributed by atoms with Gasteiger partial charge in [0.1, 0.15) is 12.9 Å². The standard InChI is InChI=1S/C8H14N4O3/c1-12-6-10-7(11-12)2-3-9-8(14)15-5-4-13/h6,13H,2-5H2,1H3,(H,9,14). The Balaban J connectivity index is 2.13. The molecule has 0 saturated carbocycles. The van der Waals surface area contributed by atoms with Crippen LogP contribution in [0, 0.1) is 0 Å². The second-order valence-corrected chi connectivity index (χ2v) is 2.87. The molecule has 0 bridgehead atoms. The fourth-order valence-corrected chi connectivity index (χ4v) is 0.964. The van der Waals surface area contributed by atoms with Gasteiger partial charge < -0.3 is 15.2 Å². The highest BCUT2D eigenvalue weighted by atomic mass is 16.6. The van der Waals surface area contributed by atoms with Gasteiger partial charge >= 0.3 is 6.09 Å². The monoisotopic (exact) mass is 214 g/mol. The fraction of sp³-hybridized carbons (Fsp3) is 0.625. The van der Waals surface area contributed by atoms with Gasteiger partial charge in [0, 0.05) is 20.0 Å². The first kappa shape index (κ1) is 11.4. The predicted octanol–water partition coefficient (Wildman–Crippen LogP) is -0.924. The van der Waals surface area contributed by atoms with Gasteiger partial charge in [-0.2, -0.15) is 5.10 Å². The zero-order chi connectivity index (χ0) is 11.1. The lowest BCUT2D eigenvalue weighted by Crippen LogP contribution is -2.27. The van der Waals surface area contributed by atoms with E-state index in [2.05, 4.69) is 20.1 Å². The largest absolute Gasteiger partial charge is 0.447 e. The Labute approximate surface area is 87.1 Å². The summed E-state index contributed by atoms with van der Waals surface area (Å²) in [6.45, 7) is 0.247. The molecule has 1 amide bonds. The van der Waals surface area contributed by atoms with Crippen LogP contribution in [0.5, 0.6) is 0 Å². The van der Waals surface area contributed by atoms with E-state index in [1.54, 1.807) is 18.1 Å². The molecule has 7 nitrogen and oxygen atoms in total. The van der Waals surface area contributed by atoms with Crippen LogP contribution >= 0.6 is 0 Å². The van der Waals surface area contributed by atoms with Crippen LogP contribution in [0.3, 0.4) is 0 Å². The molecule has 0 atom stereocenters. The number of carbonyl (C=O) groups is 1. The summed E-state index contributed by atoms with van der Waals surface area (Å²) in [4.78, 5) is 14.9. The molecule has 0 radical (unpaired) electrons. The molecule has 1 rings (SSSR count). The van der Waals surface area contributed by atoms with Crippen LogP contribution in [0.4, 0.5) is 4.79 Å². The molecule has 0 aliphatic heterocycles. The molecule has 1 heterocycles. The third-order valence-corrected chi connectivity index (χ3v) is 1.59. The molecule has 15 heavy (non-hydrogen) atoms. The summed E-state index contributed by atoms with van der Waals surface area (Å²) in [6, 6.07) is 0. The molecule has 0 saturated heterocycles. The van der Waals surface area contributed by atoms with Crippen molar-refractivity contribution in [3.8, 4) is 0 Å². The van der Waals surface area contributed by atoms with Gasteiger partial charge in [0.15, 0.2) is 5.82 Å². The fourth-order valence-electron chi connectivity index (χ4n) is 0.964. The van der Waals surface area contributed by atoms with E-state index in [0.717, 1.165) is 0 Å². The Bertz CT molecular complexity index is 313. The second-order valence-electron chi connectivity index (χ2n) is 2.87. The molecule has 0 aliphatic rings. The SMILES string of the molecule is Cn1cnc(CCNC(=O)OCCO)n1. The van der Waals surface area contributed by atoms with Gasteiger partial charge in [0.05, 0.1) is 6.61 Å². The Hall–Kier alpha value is -1.63. The van der Waals surface area contributed by atoms with E-state index in [4.69, 9.17) is 5.11 Å². The third kappa shape index (κ3) is 4.41. The number of ether oxygens (including phenoxy) is 1. The molecule has 0 aliphatic carbocycles. The van der Waals surface area contributed by atoms with E-state index in [-0.39, 0.29) is 13.2 Å². The predicted molar refractivity (Wildman–Crippen MR) is 51.1 cm³/mol. The number of carbonyl (C=O) groups excluding carboxylic acids is 1. The zero-order valence-electron chi connectivity index (χ0n) is 8.51. The summed E-state index contributed by atoms with van der Waals surface area (Å²) in [6.07, 6.45) is 1.61. The first-order chi connectivity index (χ1) is 7.22. The molecule has 2 N–H and O–H groups in total. The first-order valence-corrected chi connectivity index (χ1v) is 4.58. The van der Waals surface area contributed by atoms with Crippen molar-refractivity contribution < 1.29 is 14.6 Å². The van der Waals surface area contributed by atoms with Gasteiger partial charge in [-0.1, -0.05) is 0 Å². The second kappa shape index (κ2) is 5.97. The van der Waals surface area contributed by atoms with E-state index in [1.165, 1.54) is 0 Å². The molecular weight excluding hydrogens is 200 g/mol. The molecule has 0 fully saturated rings. The number of rotatable bonds is 5. The van der Waals surface area contributed by atoms with Gasteiger partial charge in [-0.05, 0) is 0 Å². The molecule has 1 aromatic heterocycles. The lowest BCUT2D eigenvalue weighted by atomic mass is 10.4. The average molecular weight is 214 g/mol. The molecule has 0 aromatic carbocycles.